The van der Waals surface area contributed by atoms with Crippen molar-refractivity contribution in [3.05, 3.63) is 58.8 Å². The molecule has 25 heavy (non-hydrogen) atoms. The van der Waals surface area contributed by atoms with E-state index in [0.29, 0.717) is 22.9 Å². The number of hydrogen-bond acceptors (Lipinski definition) is 7. The molecule has 1 heterocycles. The third-order valence-electron chi connectivity index (χ3n) is 4.10. The van der Waals surface area contributed by atoms with E-state index in [2.05, 4.69) is 9.47 Å². The number of ether oxygens (including phenoxy) is 4. The van der Waals surface area contributed by atoms with Crippen molar-refractivity contribution >= 4 is 12.3 Å². The number of carbonyl (C=O) groups is 2. The van der Waals surface area contributed by atoms with E-state index in [-0.39, 0.29) is 0 Å². The Balaban J connectivity index is 2.59. The molecule has 0 saturated heterocycles. The Kier molecular flexibility index (Phi) is 5.69. The van der Waals surface area contributed by atoms with E-state index in [1.54, 1.807) is 11.9 Å². The Labute approximate surface area is 146 Å². The van der Waals surface area contributed by atoms with Crippen molar-refractivity contribution in [3.63, 3.8) is 0 Å². The van der Waals surface area contributed by atoms with Gasteiger partial charge in [0.05, 0.1) is 25.6 Å². The maximum absolute atomic E-state index is 11.7. The van der Waals surface area contributed by atoms with Crippen LogP contribution in [-0.2, 0) is 18.9 Å². The van der Waals surface area contributed by atoms with Crippen molar-refractivity contribution < 1.29 is 28.5 Å². The van der Waals surface area contributed by atoms with Crippen LogP contribution in [0.25, 0.3) is 0 Å². The fraction of sp³-hybridized carbons (Fsp3) is 0.333. The number of methoxy groups -OCH3 is 2. The summed E-state index contributed by atoms with van der Waals surface area (Å²) in [5.41, 5.74) is 2.20. The highest BCUT2D eigenvalue weighted by atomic mass is 16.7. The fourth-order valence-electron chi connectivity index (χ4n) is 2.60. The fourth-order valence-corrected chi connectivity index (χ4v) is 2.60. The lowest BCUT2D eigenvalue weighted by atomic mass is 9.90. The summed E-state index contributed by atoms with van der Waals surface area (Å²) in [5, 5.41) is 0. The van der Waals surface area contributed by atoms with E-state index >= 15 is 0 Å². The summed E-state index contributed by atoms with van der Waals surface area (Å²) in [6.45, 7) is 3.62. The highest BCUT2D eigenvalue weighted by Gasteiger charge is 2.37. The largest absolute Gasteiger partial charge is 0.513 e. The number of allylic oxidation sites excluding steroid dienone is 2. The highest BCUT2D eigenvalue weighted by molar-refractivity contribution is 5.64. The molecular weight excluding hydrogens is 326 g/mol. The lowest BCUT2D eigenvalue weighted by Gasteiger charge is -2.35. The molecule has 0 radical (unpaired) electrons. The molecule has 0 fully saturated rings. The Hall–Kier alpha value is -2.96. The first-order chi connectivity index (χ1) is 11.9. The normalized spacial score (nSPS) is 15.2. The second kappa shape index (κ2) is 7.74. The van der Waals surface area contributed by atoms with E-state index < -0.39 is 18.2 Å². The smallest absolute Gasteiger partial charge is 0.437 e. The molecule has 1 aromatic rings. The van der Waals surface area contributed by atoms with Crippen LogP contribution in [0.5, 0.6) is 0 Å². The van der Waals surface area contributed by atoms with Gasteiger partial charge in [0.2, 0.25) is 0 Å². The van der Waals surface area contributed by atoms with E-state index in [1.807, 2.05) is 44.2 Å². The van der Waals surface area contributed by atoms with E-state index in [0.717, 1.165) is 5.56 Å². The zero-order chi connectivity index (χ0) is 18.6. The number of benzene rings is 1. The Morgan fingerprint density at radius 3 is 1.72 bits per heavy atom. The van der Waals surface area contributed by atoms with Gasteiger partial charge in [0.25, 0.3) is 0 Å². The Bertz CT molecular complexity index is 680. The minimum atomic E-state index is -0.847. The molecule has 1 aliphatic rings. The van der Waals surface area contributed by atoms with E-state index in [4.69, 9.17) is 9.47 Å². The molecule has 1 aliphatic heterocycles. The van der Waals surface area contributed by atoms with E-state index in [9.17, 15) is 9.59 Å². The molecule has 0 aromatic heterocycles. The molecule has 0 saturated carbocycles. The first-order valence-corrected chi connectivity index (χ1v) is 7.62. The molecule has 2 rings (SSSR count). The standard InChI is InChI=1S/C18H21NO6/c1-11-15(24-17(20)22-4)14(13-9-7-6-8-10-13)16(12(2)19(11)3)25-18(21)23-5/h6-10,14H,1-5H3. The van der Waals surface area contributed by atoms with Crippen LogP contribution in [0, 0.1) is 0 Å². The van der Waals surface area contributed by atoms with Gasteiger partial charge in [0, 0.05) is 7.05 Å². The van der Waals surface area contributed by atoms with Gasteiger partial charge < -0.3 is 23.8 Å². The molecule has 134 valence electrons. The van der Waals surface area contributed by atoms with Crippen molar-refractivity contribution in [3.8, 4) is 0 Å². The third-order valence-corrected chi connectivity index (χ3v) is 4.10. The molecule has 7 heteroatoms. The first kappa shape index (κ1) is 18.4. The van der Waals surface area contributed by atoms with Crippen LogP contribution in [0.2, 0.25) is 0 Å². The van der Waals surface area contributed by atoms with Crippen molar-refractivity contribution in [1.82, 2.24) is 4.90 Å². The van der Waals surface area contributed by atoms with Crippen molar-refractivity contribution in [2.24, 2.45) is 0 Å². The van der Waals surface area contributed by atoms with Gasteiger partial charge in [-0.1, -0.05) is 30.3 Å². The van der Waals surface area contributed by atoms with Gasteiger partial charge in [-0.05, 0) is 19.4 Å². The monoisotopic (exact) mass is 347 g/mol. The number of hydrogen-bond donors (Lipinski definition) is 0. The van der Waals surface area contributed by atoms with Crippen LogP contribution < -0.4 is 0 Å². The summed E-state index contributed by atoms with van der Waals surface area (Å²) in [4.78, 5) is 25.2. The molecular formula is C18H21NO6. The molecule has 1 aromatic carbocycles. The molecule has 0 N–H and O–H groups in total. The SMILES string of the molecule is COC(=O)OC1=C(C)N(C)C(C)=C(OC(=O)OC)C1c1ccccc1. The van der Waals surface area contributed by atoms with Crippen LogP contribution in [0.4, 0.5) is 9.59 Å². The number of rotatable bonds is 3. The molecule has 7 nitrogen and oxygen atoms in total. The summed E-state index contributed by atoms with van der Waals surface area (Å²) < 4.78 is 20.0. The van der Waals surface area contributed by atoms with Crippen molar-refractivity contribution in [1.29, 1.82) is 0 Å². The summed E-state index contributed by atoms with van der Waals surface area (Å²) in [6.07, 6.45) is -1.69. The van der Waals surface area contributed by atoms with Gasteiger partial charge in [-0.3, -0.25) is 0 Å². The van der Waals surface area contributed by atoms with Crippen LogP contribution in [0.3, 0.4) is 0 Å². The molecule has 0 unspecified atom stereocenters. The molecule has 0 aliphatic carbocycles. The summed E-state index contributed by atoms with van der Waals surface area (Å²) >= 11 is 0. The molecule has 0 amide bonds. The van der Waals surface area contributed by atoms with Gasteiger partial charge in [-0.15, -0.1) is 0 Å². The highest BCUT2D eigenvalue weighted by Crippen LogP contribution is 2.42. The lowest BCUT2D eigenvalue weighted by molar-refractivity contribution is 0.0751. The predicted molar refractivity (Wildman–Crippen MR) is 89.3 cm³/mol. The first-order valence-electron chi connectivity index (χ1n) is 7.62. The van der Waals surface area contributed by atoms with E-state index in [1.165, 1.54) is 14.2 Å². The lowest BCUT2D eigenvalue weighted by Crippen LogP contribution is -2.30. The van der Waals surface area contributed by atoms with Gasteiger partial charge in [0.15, 0.2) is 0 Å². The number of carbonyl (C=O) groups excluding carboxylic acids is 2. The van der Waals surface area contributed by atoms with Crippen molar-refractivity contribution in [2.75, 3.05) is 21.3 Å². The van der Waals surface area contributed by atoms with Crippen LogP contribution >= 0.6 is 0 Å². The zero-order valence-electron chi connectivity index (χ0n) is 14.9. The minimum Gasteiger partial charge on any atom is -0.437 e. The Morgan fingerprint density at radius 1 is 0.880 bits per heavy atom. The zero-order valence-corrected chi connectivity index (χ0v) is 14.9. The quantitative estimate of drug-likeness (QED) is 0.771. The molecule has 0 spiro atoms. The average Bonchev–Trinajstić information content (AvgIpc) is 2.64. The maximum atomic E-state index is 11.7. The molecule has 0 bridgehead atoms. The van der Waals surface area contributed by atoms with Gasteiger partial charge in [-0.2, -0.15) is 0 Å². The maximum Gasteiger partial charge on any atom is 0.513 e. The summed E-state index contributed by atoms with van der Waals surface area (Å²) in [6, 6.07) is 9.29. The summed E-state index contributed by atoms with van der Waals surface area (Å²) in [5.74, 6) is 0.0608. The Morgan fingerprint density at radius 2 is 1.32 bits per heavy atom. The second-order valence-corrected chi connectivity index (χ2v) is 5.41. The van der Waals surface area contributed by atoms with Crippen LogP contribution in [0.1, 0.15) is 25.3 Å². The minimum absolute atomic E-state index is 0.324. The topological polar surface area (TPSA) is 74.3 Å². The van der Waals surface area contributed by atoms with Crippen LogP contribution in [0.15, 0.2) is 53.2 Å². The third kappa shape index (κ3) is 3.76. The predicted octanol–water partition coefficient (Wildman–Crippen LogP) is 3.74. The van der Waals surface area contributed by atoms with Crippen molar-refractivity contribution in [2.45, 2.75) is 19.8 Å². The average molecular weight is 347 g/mol. The summed E-state index contributed by atoms with van der Waals surface area (Å²) in [7, 11) is 4.25. The van der Waals surface area contributed by atoms with Gasteiger partial charge in [-0.25, -0.2) is 9.59 Å². The number of nitrogens with zero attached hydrogens (tertiary/aromatic N) is 1. The van der Waals surface area contributed by atoms with Gasteiger partial charge >= 0.3 is 12.3 Å². The van der Waals surface area contributed by atoms with Gasteiger partial charge in [0.1, 0.15) is 17.4 Å². The second-order valence-electron chi connectivity index (χ2n) is 5.41. The van der Waals surface area contributed by atoms with Crippen LogP contribution in [-0.4, -0.2) is 38.5 Å². The molecule has 0 atom stereocenters.